The minimum atomic E-state index is 0.249. The van der Waals surface area contributed by atoms with E-state index in [1.54, 1.807) is 17.6 Å². The Morgan fingerprint density at radius 1 is 1.04 bits per heavy atom. The van der Waals surface area contributed by atoms with Crippen LogP contribution >= 0.6 is 0 Å². The molecule has 0 saturated carbocycles. The number of benzene rings is 1. The monoisotopic (exact) mass is 359 g/mol. The molecular formula is C18H13N7O2. The van der Waals surface area contributed by atoms with E-state index in [0.29, 0.717) is 29.8 Å². The van der Waals surface area contributed by atoms with Gasteiger partial charge in [-0.1, -0.05) is 29.4 Å². The molecular weight excluding hydrogens is 346 g/mol. The Labute approximate surface area is 152 Å². The van der Waals surface area contributed by atoms with Gasteiger partial charge in [0.2, 0.25) is 11.7 Å². The number of nitrogens with zero attached hydrogens (tertiary/aromatic N) is 7. The van der Waals surface area contributed by atoms with E-state index in [9.17, 15) is 0 Å². The molecule has 0 fully saturated rings. The molecule has 4 aromatic heterocycles. The van der Waals surface area contributed by atoms with Crippen molar-refractivity contribution in [2.45, 2.75) is 13.5 Å². The number of aromatic nitrogens is 7. The standard InChI is InChI=1S/C18H13N7O2/c1-11-20-18(27-24-11)16-22-21-15-13-7-2-3-8-14(13)17(23-25(15)16)26-10-12-6-4-5-9-19-12/h2-9H,10H2,1H3. The lowest BCUT2D eigenvalue weighted by Gasteiger charge is -2.09. The van der Waals surface area contributed by atoms with Crippen LogP contribution in [0.15, 0.2) is 53.2 Å². The van der Waals surface area contributed by atoms with Gasteiger partial charge in [-0.2, -0.15) is 9.50 Å². The molecule has 0 radical (unpaired) electrons. The number of aryl methyl sites for hydroxylation is 1. The zero-order valence-corrected chi connectivity index (χ0v) is 14.3. The SMILES string of the molecule is Cc1noc(-c2nnc3c4ccccc4c(OCc4ccccn4)nn23)n1. The molecule has 1 aromatic carbocycles. The minimum Gasteiger partial charge on any atom is -0.470 e. The van der Waals surface area contributed by atoms with E-state index >= 15 is 0 Å². The molecule has 0 aliphatic heterocycles. The van der Waals surface area contributed by atoms with Crippen molar-refractivity contribution in [2.24, 2.45) is 0 Å². The zero-order chi connectivity index (χ0) is 18.2. The van der Waals surface area contributed by atoms with Crippen molar-refractivity contribution in [3.63, 3.8) is 0 Å². The van der Waals surface area contributed by atoms with E-state index in [2.05, 4.69) is 30.4 Å². The van der Waals surface area contributed by atoms with Crippen LogP contribution in [0.2, 0.25) is 0 Å². The van der Waals surface area contributed by atoms with Crippen molar-refractivity contribution in [3.8, 4) is 17.6 Å². The van der Waals surface area contributed by atoms with Gasteiger partial charge in [-0.3, -0.25) is 4.98 Å². The van der Waals surface area contributed by atoms with Gasteiger partial charge in [-0.05, 0) is 25.1 Å². The second-order valence-corrected chi connectivity index (χ2v) is 5.87. The summed E-state index contributed by atoms with van der Waals surface area (Å²) in [4.78, 5) is 8.49. The highest BCUT2D eigenvalue weighted by Crippen LogP contribution is 2.28. The van der Waals surface area contributed by atoms with Crippen LogP contribution in [-0.4, -0.2) is 34.9 Å². The first-order chi connectivity index (χ1) is 13.3. The summed E-state index contributed by atoms with van der Waals surface area (Å²) in [6.45, 7) is 2.03. The molecule has 5 aromatic rings. The lowest BCUT2D eigenvalue weighted by molar-refractivity contribution is 0.289. The molecule has 0 N–H and O–H groups in total. The van der Waals surface area contributed by atoms with E-state index in [-0.39, 0.29) is 5.89 Å². The van der Waals surface area contributed by atoms with Gasteiger partial charge < -0.3 is 9.26 Å². The van der Waals surface area contributed by atoms with Gasteiger partial charge in [0.1, 0.15) is 6.61 Å². The van der Waals surface area contributed by atoms with Crippen LogP contribution in [0, 0.1) is 6.92 Å². The molecule has 0 saturated heterocycles. The summed E-state index contributed by atoms with van der Waals surface area (Å²) in [6.07, 6.45) is 1.73. The Kier molecular flexibility index (Phi) is 3.49. The van der Waals surface area contributed by atoms with Gasteiger partial charge in [0, 0.05) is 17.0 Å². The van der Waals surface area contributed by atoms with Gasteiger partial charge in [-0.15, -0.1) is 15.3 Å². The molecule has 0 spiro atoms. The third-order valence-electron chi connectivity index (χ3n) is 4.03. The summed E-state index contributed by atoms with van der Waals surface area (Å²) in [6, 6.07) is 13.4. The van der Waals surface area contributed by atoms with E-state index < -0.39 is 0 Å². The largest absolute Gasteiger partial charge is 0.470 e. The molecule has 9 nitrogen and oxygen atoms in total. The lowest BCUT2D eigenvalue weighted by Crippen LogP contribution is -2.04. The molecule has 0 aliphatic rings. The maximum absolute atomic E-state index is 5.96. The number of hydrogen-bond donors (Lipinski definition) is 0. The topological polar surface area (TPSA) is 104 Å². The predicted molar refractivity (Wildman–Crippen MR) is 94.9 cm³/mol. The Morgan fingerprint density at radius 3 is 2.67 bits per heavy atom. The number of rotatable bonds is 4. The molecule has 0 atom stereocenters. The van der Waals surface area contributed by atoms with Crippen molar-refractivity contribution in [1.29, 1.82) is 0 Å². The van der Waals surface area contributed by atoms with Crippen LogP contribution < -0.4 is 4.74 Å². The van der Waals surface area contributed by atoms with Gasteiger partial charge in [0.05, 0.1) is 5.69 Å². The van der Waals surface area contributed by atoms with Crippen molar-refractivity contribution in [2.75, 3.05) is 0 Å². The molecule has 0 unspecified atom stereocenters. The van der Waals surface area contributed by atoms with Crippen LogP contribution in [0.4, 0.5) is 0 Å². The number of fused-ring (bicyclic) bond motifs is 3. The van der Waals surface area contributed by atoms with Crippen molar-refractivity contribution in [1.82, 2.24) is 34.9 Å². The fraction of sp³-hybridized carbons (Fsp3) is 0.111. The van der Waals surface area contributed by atoms with Crippen molar-refractivity contribution in [3.05, 3.63) is 60.2 Å². The van der Waals surface area contributed by atoms with Crippen LogP contribution in [0.1, 0.15) is 11.5 Å². The number of hydrogen-bond acceptors (Lipinski definition) is 8. The normalized spacial score (nSPS) is 11.3. The third kappa shape index (κ3) is 2.65. The smallest absolute Gasteiger partial charge is 0.297 e. The molecule has 9 heteroatoms. The van der Waals surface area contributed by atoms with Gasteiger partial charge in [-0.25, -0.2) is 0 Å². The van der Waals surface area contributed by atoms with Gasteiger partial charge in [0.15, 0.2) is 11.5 Å². The summed E-state index contributed by atoms with van der Waals surface area (Å²) in [5.41, 5.74) is 1.39. The summed E-state index contributed by atoms with van der Waals surface area (Å²) in [5, 5.41) is 18.5. The third-order valence-corrected chi connectivity index (χ3v) is 4.03. The van der Waals surface area contributed by atoms with Crippen molar-refractivity contribution < 1.29 is 9.26 Å². The fourth-order valence-electron chi connectivity index (χ4n) is 2.81. The van der Waals surface area contributed by atoms with E-state index in [1.807, 2.05) is 42.5 Å². The van der Waals surface area contributed by atoms with Crippen molar-refractivity contribution >= 4 is 16.4 Å². The first kappa shape index (κ1) is 15.4. The van der Waals surface area contributed by atoms with Gasteiger partial charge in [0.25, 0.3) is 5.89 Å². The Balaban J connectivity index is 1.66. The Bertz CT molecular complexity index is 1250. The summed E-state index contributed by atoms with van der Waals surface area (Å²) in [5.74, 6) is 1.56. The second-order valence-electron chi connectivity index (χ2n) is 5.87. The van der Waals surface area contributed by atoms with Gasteiger partial charge >= 0.3 is 0 Å². The number of pyridine rings is 1. The molecule has 132 valence electrons. The Morgan fingerprint density at radius 2 is 1.89 bits per heavy atom. The maximum Gasteiger partial charge on any atom is 0.297 e. The highest BCUT2D eigenvalue weighted by Gasteiger charge is 2.19. The zero-order valence-electron chi connectivity index (χ0n) is 14.3. The minimum absolute atomic E-state index is 0.249. The first-order valence-corrected chi connectivity index (χ1v) is 8.27. The average molecular weight is 359 g/mol. The van der Waals surface area contributed by atoms with Crippen LogP contribution in [0.3, 0.4) is 0 Å². The second kappa shape index (κ2) is 6.13. The average Bonchev–Trinajstić information content (AvgIpc) is 3.33. The molecule has 0 aliphatic carbocycles. The maximum atomic E-state index is 5.96. The summed E-state index contributed by atoms with van der Waals surface area (Å²) >= 11 is 0. The number of ether oxygens (including phenoxy) is 1. The molecule has 5 rings (SSSR count). The highest BCUT2D eigenvalue weighted by molar-refractivity contribution is 5.96. The Hall–Kier alpha value is -3.88. The van der Waals surface area contributed by atoms with E-state index in [0.717, 1.165) is 16.5 Å². The van der Waals surface area contributed by atoms with Crippen LogP contribution in [0.5, 0.6) is 5.88 Å². The lowest BCUT2D eigenvalue weighted by atomic mass is 10.2. The summed E-state index contributed by atoms with van der Waals surface area (Å²) < 4.78 is 12.7. The quantitative estimate of drug-likeness (QED) is 0.482. The van der Waals surface area contributed by atoms with Crippen LogP contribution in [-0.2, 0) is 6.61 Å². The highest BCUT2D eigenvalue weighted by atomic mass is 16.5. The molecule has 27 heavy (non-hydrogen) atoms. The first-order valence-electron chi connectivity index (χ1n) is 8.27. The van der Waals surface area contributed by atoms with Crippen LogP contribution in [0.25, 0.3) is 28.1 Å². The summed E-state index contributed by atoms with van der Waals surface area (Å²) in [7, 11) is 0. The molecule has 0 amide bonds. The predicted octanol–water partition coefficient (Wildman–Crippen LogP) is 2.61. The molecule has 4 heterocycles. The molecule has 0 bridgehead atoms. The van der Waals surface area contributed by atoms with E-state index in [4.69, 9.17) is 9.26 Å². The fourth-order valence-corrected chi connectivity index (χ4v) is 2.81. The van der Waals surface area contributed by atoms with E-state index in [1.165, 1.54) is 0 Å².